The maximum absolute atomic E-state index is 10.9. The van der Waals surface area contributed by atoms with Gasteiger partial charge in [-0.25, -0.2) is 0 Å². The number of ether oxygens (including phenoxy) is 1. The zero-order valence-electron chi connectivity index (χ0n) is 8.22. The maximum Gasteiger partial charge on any atom is 0.126 e. The quantitative estimate of drug-likeness (QED) is 0.662. The highest BCUT2D eigenvalue weighted by Gasteiger charge is 2.28. The SMILES string of the molecule is Cn1nccc1C1OCCCC1C=O. The molecule has 0 radical (unpaired) electrons. The smallest absolute Gasteiger partial charge is 0.126 e. The monoisotopic (exact) mass is 194 g/mol. The molecule has 0 saturated carbocycles. The second-order valence-corrected chi connectivity index (χ2v) is 3.61. The van der Waals surface area contributed by atoms with Gasteiger partial charge in [0.1, 0.15) is 12.4 Å². The van der Waals surface area contributed by atoms with Crippen molar-refractivity contribution in [3.05, 3.63) is 18.0 Å². The van der Waals surface area contributed by atoms with Crippen molar-refractivity contribution in [2.45, 2.75) is 18.9 Å². The van der Waals surface area contributed by atoms with Crippen molar-refractivity contribution >= 4 is 6.29 Å². The molecule has 0 N–H and O–H groups in total. The molecule has 0 bridgehead atoms. The van der Waals surface area contributed by atoms with E-state index in [2.05, 4.69) is 5.10 Å². The summed E-state index contributed by atoms with van der Waals surface area (Å²) in [5.74, 6) is -0.0147. The number of hydrogen-bond acceptors (Lipinski definition) is 3. The number of aromatic nitrogens is 2. The van der Waals surface area contributed by atoms with Crippen molar-refractivity contribution in [2.75, 3.05) is 6.61 Å². The fourth-order valence-corrected chi connectivity index (χ4v) is 1.91. The van der Waals surface area contributed by atoms with Crippen LogP contribution in [0.15, 0.2) is 12.3 Å². The zero-order chi connectivity index (χ0) is 9.97. The molecule has 0 aromatic carbocycles. The van der Waals surface area contributed by atoms with Crippen molar-refractivity contribution in [1.82, 2.24) is 9.78 Å². The molecule has 2 atom stereocenters. The summed E-state index contributed by atoms with van der Waals surface area (Å²) in [6.45, 7) is 0.736. The van der Waals surface area contributed by atoms with Crippen LogP contribution in [0.3, 0.4) is 0 Å². The largest absolute Gasteiger partial charge is 0.371 e. The highest BCUT2D eigenvalue weighted by molar-refractivity contribution is 5.55. The van der Waals surface area contributed by atoms with Gasteiger partial charge < -0.3 is 9.53 Å². The van der Waals surface area contributed by atoms with Crippen LogP contribution in [0.25, 0.3) is 0 Å². The lowest BCUT2D eigenvalue weighted by molar-refractivity contribution is -0.120. The van der Waals surface area contributed by atoms with Gasteiger partial charge >= 0.3 is 0 Å². The first-order chi connectivity index (χ1) is 6.83. The Hall–Kier alpha value is -1.16. The van der Waals surface area contributed by atoms with Crippen LogP contribution in [-0.2, 0) is 16.6 Å². The average molecular weight is 194 g/mol. The standard InChI is InChI=1S/C10H14N2O2/c1-12-9(4-5-11-12)10-8(7-13)3-2-6-14-10/h4-5,7-8,10H,2-3,6H2,1H3. The van der Waals surface area contributed by atoms with Crippen LogP contribution in [0, 0.1) is 5.92 Å². The predicted octanol–water partition coefficient (Wildman–Crippen LogP) is 1.09. The van der Waals surface area contributed by atoms with E-state index in [4.69, 9.17) is 4.74 Å². The Labute approximate surface area is 82.9 Å². The van der Waals surface area contributed by atoms with Gasteiger partial charge in [-0.1, -0.05) is 0 Å². The Morgan fingerprint density at radius 2 is 2.57 bits per heavy atom. The first-order valence-corrected chi connectivity index (χ1v) is 4.87. The van der Waals surface area contributed by atoms with Gasteiger partial charge in [-0.05, 0) is 18.9 Å². The van der Waals surface area contributed by atoms with Crippen molar-refractivity contribution < 1.29 is 9.53 Å². The summed E-state index contributed by atoms with van der Waals surface area (Å²) in [7, 11) is 1.87. The fraction of sp³-hybridized carbons (Fsp3) is 0.600. The molecule has 0 spiro atoms. The molecule has 2 heterocycles. The Bertz CT molecular complexity index is 322. The average Bonchev–Trinajstić information content (AvgIpc) is 2.64. The molecule has 1 aliphatic rings. The molecule has 0 amide bonds. The van der Waals surface area contributed by atoms with Crippen LogP contribution in [-0.4, -0.2) is 22.7 Å². The van der Waals surface area contributed by atoms with Gasteiger partial charge in [0.2, 0.25) is 0 Å². The summed E-state index contributed by atoms with van der Waals surface area (Å²) in [4.78, 5) is 10.9. The highest BCUT2D eigenvalue weighted by atomic mass is 16.5. The van der Waals surface area contributed by atoms with Crippen LogP contribution in [0.4, 0.5) is 0 Å². The van der Waals surface area contributed by atoms with Gasteiger partial charge in [0.05, 0.1) is 5.69 Å². The van der Waals surface area contributed by atoms with E-state index >= 15 is 0 Å². The van der Waals surface area contributed by atoms with Crippen LogP contribution < -0.4 is 0 Å². The topological polar surface area (TPSA) is 44.1 Å². The molecular weight excluding hydrogens is 180 g/mol. The number of hydrogen-bond donors (Lipinski definition) is 0. The first kappa shape index (κ1) is 9.40. The van der Waals surface area contributed by atoms with Crippen LogP contribution in [0.1, 0.15) is 24.6 Å². The third kappa shape index (κ3) is 1.57. The lowest BCUT2D eigenvalue weighted by atomic mass is 9.94. The highest BCUT2D eigenvalue weighted by Crippen LogP contribution is 2.31. The minimum absolute atomic E-state index is 0.0147. The van der Waals surface area contributed by atoms with E-state index in [9.17, 15) is 4.79 Å². The summed E-state index contributed by atoms with van der Waals surface area (Å²) in [6, 6.07) is 1.91. The molecule has 76 valence electrons. The number of carbonyl (C=O) groups is 1. The maximum atomic E-state index is 10.9. The van der Waals surface area contributed by atoms with Crippen molar-refractivity contribution in [1.29, 1.82) is 0 Å². The number of aldehydes is 1. The lowest BCUT2D eigenvalue weighted by Gasteiger charge is -2.27. The lowest BCUT2D eigenvalue weighted by Crippen LogP contribution is -2.25. The Morgan fingerprint density at radius 3 is 3.21 bits per heavy atom. The van der Waals surface area contributed by atoms with E-state index in [1.165, 1.54) is 0 Å². The third-order valence-corrected chi connectivity index (χ3v) is 2.69. The third-order valence-electron chi connectivity index (χ3n) is 2.69. The summed E-state index contributed by atoms with van der Waals surface area (Å²) in [5.41, 5.74) is 0.988. The molecule has 4 nitrogen and oxygen atoms in total. The number of aryl methyl sites for hydroxylation is 1. The number of carbonyl (C=O) groups excluding carboxylic acids is 1. The summed E-state index contributed by atoms with van der Waals surface area (Å²) >= 11 is 0. The Balaban J connectivity index is 2.23. The molecule has 14 heavy (non-hydrogen) atoms. The van der Waals surface area contributed by atoms with Crippen molar-refractivity contribution in [3.8, 4) is 0 Å². The second kappa shape index (κ2) is 3.92. The van der Waals surface area contributed by atoms with E-state index in [-0.39, 0.29) is 12.0 Å². The van der Waals surface area contributed by atoms with Crippen LogP contribution in [0.2, 0.25) is 0 Å². The van der Waals surface area contributed by atoms with Gasteiger partial charge in [-0.15, -0.1) is 0 Å². The van der Waals surface area contributed by atoms with Gasteiger partial charge in [0, 0.05) is 25.8 Å². The molecule has 1 aliphatic heterocycles. The van der Waals surface area contributed by atoms with Gasteiger partial charge in [-0.3, -0.25) is 4.68 Å². The summed E-state index contributed by atoms with van der Waals surface area (Å²) in [5, 5.41) is 4.08. The number of nitrogens with zero attached hydrogens (tertiary/aromatic N) is 2. The summed E-state index contributed by atoms with van der Waals surface area (Å²) < 4.78 is 7.38. The second-order valence-electron chi connectivity index (χ2n) is 3.61. The molecule has 1 saturated heterocycles. The van der Waals surface area contributed by atoms with E-state index in [0.717, 1.165) is 31.4 Å². The molecule has 1 aromatic rings. The molecular formula is C10H14N2O2. The first-order valence-electron chi connectivity index (χ1n) is 4.87. The Kier molecular flexibility index (Phi) is 2.63. The molecule has 2 rings (SSSR count). The fourth-order valence-electron chi connectivity index (χ4n) is 1.91. The van der Waals surface area contributed by atoms with Crippen molar-refractivity contribution in [3.63, 3.8) is 0 Å². The van der Waals surface area contributed by atoms with Crippen molar-refractivity contribution in [2.24, 2.45) is 13.0 Å². The molecule has 2 unspecified atom stereocenters. The van der Waals surface area contributed by atoms with E-state index in [1.54, 1.807) is 10.9 Å². The van der Waals surface area contributed by atoms with Crippen LogP contribution >= 0.6 is 0 Å². The minimum atomic E-state index is -0.103. The van der Waals surface area contributed by atoms with E-state index < -0.39 is 0 Å². The zero-order valence-corrected chi connectivity index (χ0v) is 8.22. The normalized spacial score (nSPS) is 27.5. The summed E-state index contributed by atoms with van der Waals surface area (Å²) in [6.07, 6.45) is 4.51. The van der Waals surface area contributed by atoms with Gasteiger partial charge in [0.25, 0.3) is 0 Å². The van der Waals surface area contributed by atoms with Gasteiger partial charge in [0.15, 0.2) is 0 Å². The number of rotatable bonds is 2. The minimum Gasteiger partial charge on any atom is -0.371 e. The molecule has 1 aromatic heterocycles. The molecule has 1 fully saturated rings. The van der Waals surface area contributed by atoms with Gasteiger partial charge in [-0.2, -0.15) is 5.10 Å². The molecule has 4 heteroatoms. The van der Waals surface area contributed by atoms with E-state index in [0.29, 0.717) is 0 Å². The molecule has 0 aliphatic carbocycles. The predicted molar refractivity (Wildman–Crippen MR) is 50.7 cm³/mol. The van der Waals surface area contributed by atoms with Crippen LogP contribution in [0.5, 0.6) is 0 Å². The van der Waals surface area contributed by atoms with E-state index in [1.807, 2.05) is 13.1 Å². The Morgan fingerprint density at radius 1 is 1.71 bits per heavy atom.